The zero-order valence-corrected chi connectivity index (χ0v) is 14.0. The Bertz CT molecular complexity index is 608. The first-order valence-electron chi connectivity index (χ1n) is 7.30. The minimum atomic E-state index is 0.488. The highest BCUT2D eigenvalue weighted by Crippen LogP contribution is 2.24. The van der Waals surface area contributed by atoms with E-state index >= 15 is 0 Å². The summed E-state index contributed by atoms with van der Waals surface area (Å²) in [5.41, 5.74) is 10.4. The third-order valence-corrected chi connectivity index (χ3v) is 4.39. The van der Waals surface area contributed by atoms with E-state index < -0.39 is 0 Å². The normalized spacial score (nSPS) is 10.9. The minimum absolute atomic E-state index is 0.488. The van der Waals surface area contributed by atoms with Crippen LogP contribution in [0.5, 0.6) is 0 Å². The van der Waals surface area contributed by atoms with E-state index in [-0.39, 0.29) is 0 Å². The molecule has 2 rings (SSSR count). The third-order valence-electron chi connectivity index (χ3n) is 3.57. The molecular weight excluding hydrogens is 282 g/mol. The predicted molar refractivity (Wildman–Crippen MR) is 87.6 cm³/mol. The van der Waals surface area contributed by atoms with Crippen LogP contribution in [-0.2, 0) is 25.9 Å². The Labute approximate surface area is 130 Å². The van der Waals surface area contributed by atoms with Crippen LogP contribution in [0.3, 0.4) is 0 Å². The molecule has 0 unspecified atom stereocenters. The number of nitrogens with zero attached hydrogens (tertiary/aromatic N) is 4. The van der Waals surface area contributed by atoms with E-state index in [2.05, 4.69) is 39.3 Å². The number of anilines is 1. The fourth-order valence-electron chi connectivity index (χ4n) is 2.56. The highest BCUT2D eigenvalue weighted by atomic mass is 32.1. The van der Waals surface area contributed by atoms with Crippen molar-refractivity contribution in [3.05, 3.63) is 32.9 Å². The maximum atomic E-state index is 5.98. The molecule has 0 radical (unpaired) electrons. The van der Waals surface area contributed by atoms with Crippen molar-refractivity contribution >= 4 is 17.2 Å². The van der Waals surface area contributed by atoms with Crippen molar-refractivity contribution in [2.45, 2.75) is 46.7 Å². The van der Waals surface area contributed by atoms with Crippen LogP contribution in [-0.4, -0.2) is 22.2 Å². The Morgan fingerprint density at radius 2 is 1.95 bits per heavy atom. The summed E-state index contributed by atoms with van der Waals surface area (Å²) in [7, 11) is 2.02. The van der Waals surface area contributed by atoms with Crippen molar-refractivity contribution in [2.24, 2.45) is 5.73 Å². The largest absolute Gasteiger partial charge is 0.352 e. The van der Waals surface area contributed by atoms with Gasteiger partial charge >= 0.3 is 0 Å². The molecular formula is C15H23N5S. The van der Waals surface area contributed by atoms with E-state index in [1.165, 1.54) is 5.56 Å². The van der Waals surface area contributed by atoms with Crippen LogP contribution in [0.2, 0.25) is 0 Å². The fraction of sp³-hybridized carbons (Fsp3) is 0.533. The van der Waals surface area contributed by atoms with Gasteiger partial charge in [0.1, 0.15) is 0 Å². The third kappa shape index (κ3) is 3.39. The molecule has 6 heteroatoms. The number of rotatable bonds is 6. The Hall–Kier alpha value is -1.53. The Morgan fingerprint density at radius 1 is 1.19 bits per heavy atom. The van der Waals surface area contributed by atoms with Crippen LogP contribution in [0.4, 0.5) is 5.82 Å². The molecule has 2 aromatic rings. The quantitative estimate of drug-likeness (QED) is 0.888. The van der Waals surface area contributed by atoms with Crippen LogP contribution in [0.1, 0.15) is 41.4 Å². The number of aryl methyl sites for hydroxylation is 2. The van der Waals surface area contributed by atoms with E-state index in [1.54, 1.807) is 11.3 Å². The van der Waals surface area contributed by atoms with Crippen molar-refractivity contribution in [1.29, 1.82) is 0 Å². The molecule has 0 bridgehead atoms. The molecule has 0 aromatic carbocycles. The molecule has 0 aliphatic rings. The summed E-state index contributed by atoms with van der Waals surface area (Å²) in [6.45, 7) is 7.47. The van der Waals surface area contributed by atoms with Gasteiger partial charge in [0, 0.05) is 24.5 Å². The van der Waals surface area contributed by atoms with Gasteiger partial charge in [-0.1, -0.05) is 13.8 Å². The van der Waals surface area contributed by atoms with Crippen LogP contribution >= 0.6 is 11.3 Å². The fourth-order valence-corrected chi connectivity index (χ4v) is 3.16. The summed E-state index contributed by atoms with van der Waals surface area (Å²) in [6, 6.07) is 0. The molecule has 0 atom stereocenters. The van der Waals surface area contributed by atoms with Gasteiger partial charge in [-0.05, 0) is 25.3 Å². The van der Waals surface area contributed by atoms with E-state index in [0.29, 0.717) is 6.54 Å². The average Bonchev–Trinajstić information content (AvgIpc) is 2.90. The molecule has 0 spiro atoms. The highest BCUT2D eigenvalue weighted by Gasteiger charge is 2.17. The van der Waals surface area contributed by atoms with E-state index in [0.717, 1.165) is 47.2 Å². The predicted octanol–water partition coefficient (Wildman–Crippen LogP) is 2.46. The average molecular weight is 305 g/mol. The van der Waals surface area contributed by atoms with Crippen molar-refractivity contribution in [1.82, 2.24) is 15.2 Å². The summed E-state index contributed by atoms with van der Waals surface area (Å²) < 4.78 is 0. The highest BCUT2D eigenvalue weighted by molar-refractivity contribution is 7.09. The molecule has 0 saturated carbocycles. The molecule has 0 fully saturated rings. The second-order valence-corrected chi connectivity index (χ2v) is 6.11. The van der Waals surface area contributed by atoms with Gasteiger partial charge in [0.05, 0.1) is 22.9 Å². The molecule has 5 nitrogen and oxygen atoms in total. The Balaban J connectivity index is 2.33. The maximum Gasteiger partial charge on any atom is 0.156 e. The first-order chi connectivity index (χ1) is 10.1. The standard InChI is InChI=1S/C15H23N5S/c1-5-12-13(7-16)15(19-18-14(12)6-2)20(4)8-11-9-21-10(3)17-11/h9H,5-8,16H2,1-4H3. The van der Waals surface area contributed by atoms with Gasteiger partial charge < -0.3 is 10.6 Å². The SMILES string of the molecule is CCc1nnc(N(C)Cc2csc(C)n2)c(CN)c1CC. The zero-order valence-electron chi connectivity index (χ0n) is 13.2. The lowest BCUT2D eigenvalue weighted by Gasteiger charge is -2.22. The van der Waals surface area contributed by atoms with Gasteiger partial charge in [-0.25, -0.2) is 4.98 Å². The number of thiazole rings is 1. The van der Waals surface area contributed by atoms with Crippen LogP contribution in [0.25, 0.3) is 0 Å². The van der Waals surface area contributed by atoms with Gasteiger partial charge in [-0.2, -0.15) is 5.10 Å². The summed E-state index contributed by atoms with van der Waals surface area (Å²) >= 11 is 1.67. The van der Waals surface area contributed by atoms with Crippen molar-refractivity contribution < 1.29 is 0 Å². The Morgan fingerprint density at radius 3 is 2.48 bits per heavy atom. The van der Waals surface area contributed by atoms with E-state index in [1.807, 2.05) is 14.0 Å². The first-order valence-corrected chi connectivity index (χ1v) is 8.18. The van der Waals surface area contributed by atoms with Gasteiger partial charge in [0.25, 0.3) is 0 Å². The number of hydrogen-bond acceptors (Lipinski definition) is 6. The number of nitrogens with two attached hydrogens (primary N) is 1. The molecule has 2 N–H and O–H groups in total. The lowest BCUT2D eigenvalue weighted by molar-refractivity contribution is 0.788. The summed E-state index contributed by atoms with van der Waals surface area (Å²) in [6.07, 6.45) is 1.82. The molecule has 0 saturated heterocycles. The van der Waals surface area contributed by atoms with E-state index in [4.69, 9.17) is 5.73 Å². The smallest absolute Gasteiger partial charge is 0.156 e. The van der Waals surface area contributed by atoms with E-state index in [9.17, 15) is 0 Å². The van der Waals surface area contributed by atoms with Crippen molar-refractivity contribution in [3.63, 3.8) is 0 Å². The molecule has 2 heterocycles. The second-order valence-electron chi connectivity index (χ2n) is 5.05. The lowest BCUT2D eigenvalue weighted by Crippen LogP contribution is -2.23. The lowest BCUT2D eigenvalue weighted by atomic mass is 10.0. The summed E-state index contributed by atoms with van der Waals surface area (Å²) in [5.74, 6) is 0.872. The van der Waals surface area contributed by atoms with Crippen LogP contribution < -0.4 is 10.6 Å². The first kappa shape index (κ1) is 15.9. The maximum absolute atomic E-state index is 5.98. The zero-order chi connectivity index (χ0) is 15.4. The molecule has 0 aliphatic heterocycles. The molecule has 2 aromatic heterocycles. The topological polar surface area (TPSA) is 67.9 Å². The van der Waals surface area contributed by atoms with Crippen molar-refractivity contribution in [2.75, 3.05) is 11.9 Å². The van der Waals surface area contributed by atoms with Gasteiger partial charge in [-0.15, -0.1) is 16.4 Å². The second kappa shape index (κ2) is 6.95. The molecule has 0 aliphatic carbocycles. The van der Waals surface area contributed by atoms with Crippen LogP contribution in [0.15, 0.2) is 5.38 Å². The van der Waals surface area contributed by atoms with Gasteiger partial charge in [0.2, 0.25) is 0 Å². The summed E-state index contributed by atoms with van der Waals surface area (Å²) in [5, 5.41) is 12.0. The number of aromatic nitrogens is 3. The molecule has 21 heavy (non-hydrogen) atoms. The van der Waals surface area contributed by atoms with Crippen LogP contribution in [0, 0.1) is 6.92 Å². The molecule has 114 valence electrons. The minimum Gasteiger partial charge on any atom is -0.352 e. The van der Waals surface area contributed by atoms with Gasteiger partial charge in [0.15, 0.2) is 5.82 Å². The summed E-state index contributed by atoms with van der Waals surface area (Å²) in [4.78, 5) is 6.59. The monoisotopic (exact) mass is 305 g/mol. The van der Waals surface area contributed by atoms with Crippen molar-refractivity contribution in [3.8, 4) is 0 Å². The number of hydrogen-bond donors (Lipinski definition) is 1. The Kier molecular flexibility index (Phi) is 5.25. The van der Waals surface area contributed by atoms with Gasteiger partial charge in [-0.3, -0.25) is 0 Å². The molecule has 0 amide bonds.